The Hall–Kier alpha value is -1.55. The molecule has 0 radical (unpaired) electrons. The van der Waals surface area contributed by atoms with Crippen LogP contribution in [0.5, 0.6) is 5.75 Å². The molecule has 0 heterocycles. The van der Waals surface area contributed by atoms with Gasteiger partial charge < -0.3 is 15.7 Å². The average molecular weight is 290 g/mol. The predicted molar refractivity (Wildman–Crippen MR) is 84.4 cm³/mol. The maximum atomic E-state index is 12.8. The fourth-order valence-electron chi connectivity index (χ4n) is 3.09. The lowest BCUT2D eigenvalue weighted by Gasteiger charge is -2.34. The van der Waals surface area contributed by atoms with Crippen molar-refractivity contribution in [3.8, 4) is 5.75 Å². The number of carbonyl (C=O) groups is 1. The first-order valence-electron chi connectivity index (χ1n) is 7.94. The second-order valence-corrected chi connectivity index (χ2v) is 5.90. The highest BCUT2D eigenvalue weighted by molar-refractivity contribution is 5.97. The van der Waals surface area contributed by atoms with Gasteiger partial charge in [-0.25, -0.2) is 0 Å². The van der Waals surface area contributed by atoms with E-state index in [1.165, 1.54) is 19.3 Å². The van der Waals surface area contributed by atoms with Gasteiger partial charge in [0.2, 0.25) is 0 Å². The van der Waals surface area contributed by atoms with Gasteiger partial charge in [0.05, 0.1) is 5.56 Å². The van der Waals surface area contributed by atoms with Crippen molar-refractivity contribution in [1.29, 1.82) is 0 Å². The average Bonchev–Trinajstić information content (AvgIpc) is 2.51. The van der Waals surface area contributed by atoms with Crippen molar-refractivity contribution in [2.45, 2.75) is 51.5 Å². The Labute approximate surface area is 126 Å². The number of nitrogens with zero attached hydrogens (tertiary/aromatic N) is 1. The van der Waals surface area contributed by atoms with Crippen molar-refractivity contribution < 1.29 is 9.90 Å². The minimum atomic E-state index is -0.0587. The number of hydrogen-bond donors (Lipinski definition) is 2. The van der Waals surface area contributed by atoms with Crippen LogP contribution in [-0.2, 0) is 0 Å². The molecule has 1 aliphatic carbocycles. The molecule has 0 spiro atoms. The number of phenolic OH excluding ortho intramolecular Hbond substituents is 1. The third kappa shape index (κ3) is 3.76. The monoisotopic (exact) mass is 290 g/mol. The van der Waals surface area contributed by atoms with E-state index in [0.717, 1.165) is 24.8 Å². The van der Waals surface area contributed by atoms with Gasteiger partial charge in [0.25, 0.3) is 5.91 Å². The fourth-order valence-corrected chi connectivity index (χ4v) is 3.09. The third-order valence-corrected chi connectivity index (χ3v) is 4.35. The molecule has 0 aliphatic heterocycles. The van der Waals surface area contributed by atoms with Crippen LogP contribution in [0.15, 0.2) is 18.2 Å². The number of aryl methyl sites for hydroxylation is 1. The van der Waals surface area contributed by atoms with Crippen LogP contribution in [-0.4, -0.2) is 35.0 Å². The highest BCUT2D eigenvalue weighted by Gasteiger charge is 2.27. The Morgan fingerprint density at radius 2 is 2.05 bits per heavy atom. The molecule has 0 unspecified atom stereocenters. The largest absolute Gasteiger partial charge is 0.507 e. The smallest absolute Gasteiger partial charge is 0.257 e. The van der Waals surface area contributed by atoms with Gasteiger partial charge in [0, 0.05) is 12.6 Å². The number of para-hydroxylation sites is 1. The van der Waals surface area contributed by atoms with E-state index in [1.807, 2.05) is 24.0 Å². The molecule has 116 valence electrons. The van der Waals surface area contributed by atoms with Crippen LogP contribution in [0.3, 0.4) is 0 Å². The van der Waals surface area contributed by atoms with Gasteiger partial charge in [-0.3, -0.25) is 4.79 Å². The summed E-state index contributed by atoms with van der Waals surface area (Å²) in [6.07, 6.45) is 6.53. The first-order valence-corrected chi connectivity index (χ1v) is 7.94. The van der Waals surface area contributed by atoms with Crippen molar-refractivity contribution in [3.05, 3.63) is 29.3 Å². The Balaban J connectivity index is 2.22. The summed E-state index contributed by atoms with van der Waals surface area (Å²) in [5.41, 5.74) is 6.77. The van der Waals surface area contributed by atoms with Crippen molar-refractivity contribution in [2.75, 3.05) is 13.1 Å². The third-order valence-electron chi connectivity index (χ3n) is 4.35. The van der Waals surface area contributed by atoms with E-state index in [1.54, 1.807) is 6.07 Å². The van der Waals surface area contributed by atoms with Gasteiger partial charge in [-0.1, -0.05) is 31.4 Å². The Morgan fingerprint density at radius 1 is 1.33 bits per heavy atom. The van der Waals surface area contributed by atoms with Crippen molar-refractivity contribution in [1.82, 2.24) is 4.90 Å². The zero-order valence-corrected chi connectivity index (χ0v) is 12.8. The van der Waals surface area contributed by atoms with Crippen LogP contribution in [0.1, 0.15) is 54.4 Å². The van der Waals surface area contributed by atoms with E-state index in [-0.39, 0.29) is 17.7 Å². The molecule has 4 heteroatoms. The number of hydrogen-bond acceptors (Lipinski definition) is 3. The second kappa shape index (κ2) is 7.46. The summed E-state index contributed by atoms with van der Waals surface area (Å²) in [7, 11) is 0. The summed E-state index contributed by atoms with van der Waals surface area (Å²) >= 11 is 0. The van der Waals surface area contributed by atoms with E-state index in [9.17, 15) is 9.90 Å². The number of rotatable bonds is 5. The van der Waals surface area contributed by atoms with Gasteiger partial charge >= 0.3 is 0 Å². The minimum absolute atomic E-state index is 0.0587. The van der Waals surface area contributed by atoms with Crippen molar-refractivity contribution in [2.24, 2.45) is 5.73 Å². The summed E-state index contributed by atoms with van der Waals surface area (Å²) in [5, 5.41) is 10.2. The van der Waals surface area contributed by atoms with Crippen molar-refractivity contribution >= 4 is 5.91 Å². The second-order valence-electron chi connectivity index (χ2n) is 5.90. The molecule has 1 aromatic carbocycles. The van der Waals surface area contributed by atoms with E-state index >= 15 is 0 Å². The predicted octanol–water partition coefficient (Wildman–Crippen LogP) is 2.82. The van der Waals surface area contributed by atoms with E-state index in [0.29, 0.717) is 18.7 Å². The first kappa shape index (κ1) is 15.8. The molecule has 0 atom stereocenters. The van der Waals surface area contributed by atoms with E-state index in [4.69, 9.17) is 5.73 Å². The highest BCUT2D eigenvalue weighted by Crippen LogP contribution is 2.28. The number of aromatic hydroxyl groups is 1. The summed E-state index contributed by atoms with van der Waals surface area (Å²) in [5.74, 6) is 0.0487. The molecule has 4 nitrogen and oxygen atoms in total. The Morgan fingerprint density at radius 3 is 2.71 bits per heavy atom. The summed E-state index contributed by atoms with van der Waals surface area (Å²) in [6.45, 7) is 3.07. The quantitative estimate of drug-likeness (QED) is 0.876. The number of carbonyl (C=O) groups excluding carboxylic acids is 1. The minimum Gasteiger partial charge on any atom is -0.507 e. The Kier molecular flexibility index (Phi) is 5.62. The molecular formula is C17H26N2O2. The SMILES string of the molecule is Cc1cccc(C(=O)N(CCCN)C2CCCCC2)c1O. The molecular weight excluding hydrogens is 264 g/mol. The summed E-state index contributed by atoms with van der Waals surface area (Å²) < 4.78 is 0. The number of amides is 1. The first-order chi connectivity index (χ1) is 10.1. The topological polar surface area (TPSA) is 66.6 Å². The van der Waals surface area contributed by atoms with Crippen LogP contribution in [0.2, 0.25) is 0 Å². The molecule has 1 fully saturated rings. The summed E-state index contributed by atoms with van der Waals surface area (Å²) in [4.78, 5) is 14.8. The van der Waals surface area contributed by atoms with Crippen LogP contribution in [0.4, 0.5) is 0 Å². The van der Waals surface area contributed by atoms with Crippen LogP contribution in [0, 0.1) is 6.92 Å². The summed E-state index contributed by atoms with van der Waals surface area (Å²) in [6, 6.07) is 5.64. The molecule has 1 amide bonds. The molecule has 0 aromatic heterocycles. The fraction of sp³-hybridized carbons (Fsp3) is 0.588. The molecule has 0 bridgehead atoms. The van der Waals surface area contributed by atoms with Crippen LogP contribution < -0.4 is 5.73 Å². The highest BCUT2D eigenvalue weighted by atomic mass is 16.3. The number of benzene rings is 1. The molecule has 3 N–H and O–H groups in total. The van der Waals surface area contributed by atoms with E-state index < -0.39 is 0 Å². The lowest BCUT2D eigenvalue weighted by molar-refractivity contribution is 0.0629. The van der Waals surface area contributed by atoms with E-state index in [2.05, 4.69) is 0 Å². The number of nitrogens with two attached hydrogens (primary N) is 1. The van der Waals surface area contributed by atoms with Gasteiger partial charge in [0.1, 0.15) is 5.75 Å². The molecule has 21 heavy (non-hydrogen) atoms. The van der Waals surface area contributed by atoms with Gasteiger partial charge in [-0.05, 0) is 44.4 Å². The zero-order chi connectivity index (χ0) is 15.2. The molecule has 2 rings (SSSR count). The van der Waals surface area contributed by atoms with Crippen molar-refractivity contribution in [3.63, 3.8) is 0 Å². The standard InChI is InChI=1S/C17H26N2O2/c1-13-7-5-10-15(16(13)20)17(21)19(12-6-11-18)14-8-3-2-4-9-14/h5,7,10,14,20H,2-4,6,8-9,11-12,18H2,1H3. The van der Waals surface area contributed by atoms with Gasteiger partial charge in [0.15, 0.2) is 0 Å². The Bertz CT molecular complexity index is 482. The van der Waals surface area contributed by atoms with Gasteiger partial charge in [-0.15, -0.1) is 0 Å². The van der Waals surface area contributed by atoms with Gasteiger partial charge in [-0.2, -0.15) is 0 Å². The maximum absolute atomic E-state index is 12.8. The maximum Gasteiger partial charge on any atom is 0.257 e. The lowest BCUT2D eigenvalue weighted by Crippen LogP contribution is -2.42. The zero-order valence-electron chi connectivity index (χ0n) is 12.8. The van der Waals surface area contributed by atoms with Crippen LogP contribution >= 0.6 is 0 Å². The lowest BCUT2D eigenvalue weighted by atomic mass is 9.93. The van der Waals surface area contributed by atoms with Crippen LogP contribution in [0.25, 0.3) is 0 Å². The number of phenols is 1. The molecule has 0 saturated heterocycles. The molecule has 1 aromatic rings. The normalized spacial score (nSPS) is 15.9. The molecule has 1 saturated carbocycles. The molecule has 1 aliphatic rings.